The van der Waals surface area contributed by atoms with E-state index in [0.717, 1.165) is 29.7 Å². The Morgan fingerprint density at radius 3 is 2.72 bits per heavy atom. The van der Waals surface area contributed by atoms with E-state index in [2.05, 4.69) is 26.2 Å². The highest BCUT2D eigenvalue weighted by molar-refractivity contribution is 9.09. The molecule has 0 saturated heterocycles. The number of aryl methyl sites for hydroxylation is 2. The molecule has 2 rings (SSSR count). The van der Waals surface area contributed by atoms with Gasteiger partial charge < -0.3 is 5.32 Å². The molecule has 1 aliphatic rings. The molecule has 0 atom stereocenters. The van der Waals surface area contributed by atoms with Crippen molar-refractivity contribution < 1.29 is 4.79 Å². The van der Waals surface area contributed by atoms with Gasteiger partial charge in [-0.2, -0.15) is 0 Å². The Bertz CT molecular complexity index is 455. The van der Waals surface area contributed by atoms with Crippen LogP contribution < -0.4 is 5.32 Å². The second-order valence-corrected chi connectivity index (χ2v) is 6.00. The Hall–Kier alpha value is -0.900. The molecule has 1 N–H and O–H groups in total. The van der Waals surface area contributed by atoms with E-state index < -0.39 is 0 Å². The second kappa shape index (κ2) is 5.39. The van der Waals surface area contributed by atoms with Crippen molar-refractivity contribution in [3.05, 3.63) is 29.1 Å². The number of hydrogen-bond acceptors (Lipinski definition) is 2. The Morgan fingerprint density at radius 2 is 2.17 bits per heavy atom. The summed E-state index contributed by atoms with van der Waals surface area (Å²) in [6, 6.07) is 3.74. The first-order chi connectivity index (χ1) is 8.56. The quantitative estimate of drug-likeness (QED) is 0.850. The molecule has 1 amide bonds. The summed E-state index contributed by atoms with van der Waals surface area (Å²) < 4.78 is 0. The van der Waals surface area contributed by atoms with E-state index in [1.54, 1.807) is 0 Å². The van der Waals surface area contributed by atoms with E-state index in [1.165, 1.54) is 12.8 Å². The predicted octanol–water partition coefficient (Wildman–Crippen LogP) is 2.99. The number of carbonyl (C=O) groups excluding carboxylic acids is 1. The standard InChI is InChI=1S/C14H19BrN2O/c1-10-3-4-12(11(2)17-10)13(18)16-9-14(5-6-14)7-8-15/h3-4H,5-9H2,1-2H3,(H,16,18). The topological polar surface area (TPSA) is 42.0 Å². The first-order valence-electron chi connectivity index (χ1n) is 6.35. The van der Waals surface area contributed by atoms with Gasteiger partial charge in [-0.15, -0.1) is 0 Å². The summed E-state index contributed by atoms with van der Waals surface area (Å²) in [6.45, 7) is 4.60. The molecule has 0 radical (unpaired) electrons. The van der Waals surface area contributed by atoms with E-state index >= 15 is 0 Å². The van der Waals surface area contributed by atoms with Crippen LogP contribution in [0.2, 0.25) is 0 Å². The van der Waals surface area contributed by atoms with Crippen molar-refractivity contribution in [2.45, 2.75) is 33.1 Å². The van der Waals surface area contributed by atoms with Gasteiger partial charge in [-0.1, -0.05) is 15.9 Å². The summed E-state index contributed by atoms with van der Waals surface area (Å²) in [6.07, 6.45) is 3.59. The molecule has 1 aliphatic carbocycles. The van der Waals surface area contributed by atoms with Crippen LogP contribution in [0.15, 0.2) is 12.1 Å². The van der Waals surface area contributed by atoms with Crippen LogP contribution >= 0.6 is 15.9 Å². The molecule has 4 heteroatoms. The number of hydrogen-bond donors (Lipinski definition) is 1. The lowest BCUT2D eigenvalue weighted by molar-refractivity contribution is 0.0943. The fourth-order valence-corrected chi connectivity index (χ4v) is 3.02. The number of rotatable bonds is 5. The summed E-state index contributed by atoms with van der Waals surface area (Å²) in [5.41, 5.74) is 2.79. The van der Waals surface area contributed by atoms with Crippen LogP contribution in [0.5, 0.6) is 0 Å². The first-order valence-corrected chi connectivity index (χ1v) is 7.47. The number of aromatic nitrogens is 1. The minimum atomic E-state index is 0.000785. The second-order valence-electron chi connectivity index (χ2n) is 5.21. The van der Waals surface area contributed by atoms with Gasteiger partial charge in [0.2, 0.25) is 0 Å². The zero-order valence-corrected chi connectivity index (χ0v) is 12.5. The Labute approximate surface area is 117 Å². The summed E-state index contributed by atoms with van der Waals surface area (Å²) in [5, 5.41) is 4.05. The molecule has 1 fully saturated rings. The Balaban J connectivity index is 1.96. The van der Waals surface area contributed by atoms with Crippen molar-refractivity contribution in [3.63, 3.8) is 0 Å². The highest BCUT2D eigenvalue weighted by Crippen LogP contribution is 2.48. The van der Waals surface area contributed by atoms with Gasteiger partial charge in [0.1, 0.15) is 0 Å². The SMILES string of the molecule is Cc1ccc(C(=O)NCC2(CCBr)CC2)c(C)n1. The van der Waals surface area contributed by atoms with E-state index in [0.29, 0.717) is 11.0 Å². The van der Waals surface area contributed by atoms with Gasteiger partial charge in [-0.05, 0) is 50.7 Å². The summed E-state index contributed by atoms with van der Waals surface area (Å²) in [5.74, 6) is 0.000785. The molecular formula is C14H19BrN2O. The third kappa shape index (κ3) is 3.10. The molecule has 1 aromatic rings. The van der Waals surface area contributed by atoms with Gasteiger partial charge >= 0.3 is 0 Å². The lowest BCUT2D eigenvalue weighted by Gasteiger charge is -2.15. The van der Waals surface area contributed by atoms with Crippen LogP contribution in [0.25, 0.3) is 0 Å². The van der Waals surface area contributed by atoms with Crippen molar-refractivity contribution in [1.29, 1.82) is 0 Å². The molecule has 0 unspecified atom stereocenters. The zero-order valence-electron chi connectivity index (χ0n) is 10.9. The number of nitrogens with one attached hydrogen (secondary N) is 1. The number of carbonyl (C=O) groups is 1. The fourth-order valence-electron chi connectivity index (χ4n) is 2.18. The molecule has 0 aromatic carbocycles. The van der Waals surface area contributed by atoms with Crippen LogP contribution in [0, 0.1) is 19.3 Å². The summed E-state index contributed by atoms with van der Waals surface area (Å²) in [4.78, 5) is 16.4. The molecule has 18 heavy (non-hydrogen) atoms. The van der Waals surface area contributed by atoms with Gasteiger partial charge in [0.25, 0.3) is 5.91 Å². The van der Waals surface area contributed by atoms with E-state index in [4.69, 9.17) is 0 Å². The smallest absolute Gasteiger partial charge is 0.253 e. The van der Waals surface area contributed by atoms with Crippen LogP contribution in [0.1, 0.15) is 41.0 Å². The van der Waals surface area contributed by atoms with E-state index in [1.807, 2.05) is 26.0 Å². The molecular weight excluding hydrogens is 292 g/mol. The number of nitrogens with zero attached hydrogens (tertiary/aromatic N) is 1. The van der Waals surface area contributed by atoms with Crippen molar-refractivity contribution in [3.8, 4) is 0 Å². The molecule has 0 spiro atoms. The van der Waals surface area contributed by atoms with Gasteiger partial charge in [0.15, 0.2) is 0 Å². The van der Waals surface area contributed by atoms with Gasteiger partial charge in [0, 0.05) is 17.6 Å². The average molecular weight is 311 g/mol. The molecule has 1 saturated carbocycles. The minimum Gasteiger partial charge on any atom is -0.351 e. The monoisotopic (exact) mass is 310 g/mol. The average Bonchev–Trinajstić information content (AvgIpc) is 3.07. The molecule has 98 valence electrons. The third-order valence-corrected chi connectivity index (χ3v) is 4.07. The highest BCUT2D eigenvalue weighted by atomic mass is 79.9. The largest absolute Gasteiger partial charge is 0.351 e. The normalized spacial score (nSPS) is 16.4. The van der Waals surface area contributed by atoms with E-state index in [9.17, 15) is 4.79 Å². The van der Waals surface area contributed by atoms with Crippen LogP contribution in [0.4, 0.5) is 0 Å². The van der Waals surface area contributed by atoms with Crippen LogP contribution in [-0.4, -0.2) is 22.8 Å². The number of halogens is 1. The predicted molar refractivity (Wildman–Crippen MR) is 76.1 cm³/mol. The number of pyridine rings is 1. The Morgan fingerprint density at radius 1 is 1.44 bits per heavy atom. The fraction of sp³-hybridized carbons (Fsp3) is 0.571. The molecule has 0 bridgehead atoms. The van der Waals surface area contributed by atoms with Crippen molar-refractivity contribution in [1.82, 2.24) is 10.3 Å². The summed E-state index contributed by atoms with van der Waals surface area (Å²) in [7, 11) is 0. The van der Waals surface area contributed by atoms with Gasteiger partial charge in [-0.3, -0.25) is 9.78 Å². The number of amides is 1. The van der Waals surface area contributed by atoms with Crippen molar-refractivity contribution >= 4 is 21.8 Å². The molecule has 1 heterocycles. The maximum absolute atomic E-state index is 12.1. The van der Waals surface area contributed by atoms with Gasteiger partial charge in [0.05, 0.1) is 11.3 Å². The zero-order chi connectivity index (χ0) is 13.2. The lowest BCUT2D eigenvalue weighted by atomic mass is 10.0. The van der Waals surface area contributed by atoms with Crippen LogP contribution in [0.3, 0.4) is 0 Å². The third-order valence-electron chi connectivity index (χ3n) is 3.68. The molecule has 1 aromatic heterocycles. The maximum atomic E-state index is 12.1. The van der Waals surface area contributed by atoms with Gasteiger partial charge in [-0.25, -0.2) is 0 Å². The lowest BCUT2D eigenvalue weighted by Crippen LogP contribution is -2.31. The van der Waals surface area contributed by atoms with Crippen molar-refractivity contribution in [2.24, 2.45) is 5.41 Å². The minimum absolute atomic E-state index is 0.000785. The molecule has 3 nitrogen and oxygen atoms in total. The Kier molecular flexibility index (Phi) is 4.05. The van der Waals surface area contributed by atoms with Crippen molar-refractivity contribution in [2.75, 3.05) is 11.9 Å². The highest BCUT2D eigenvalue weighted by Gasteiger charge is 2.41. The maximum Gasteiger partial charge on any atom is 0.253 e. The molecule has 0 aliphatic heterocycles. The first kappa shape index (κ1) is 13.5. The van der Waals surface area contributed by atoms with E-state index in [-0.39, 0.29) is 5.91 Å². The number of alkyl halides is 1. The van der Waals surface area contributed by atoms with Crippen LogP contribution in [-0.2, 0) is 0 Å². The summed E-state index contributed by atoms with van der Waals surface area (Å²) >= 11 is 3.47.